The van der Waals surface area contributed by atoms with E-state index in [2.05, 4.69) is 10.6 Å². The van der Waals surface area contributed by atoms with Crippen LogP contribution in [0.25, 0.3) is 0 Å². The topological polar surface area (TPSA) is 41.1 Å². The van der Waals surface area contributed by atoms with E-state index in [1.54, 1.807) is 0 Å². The van der Waals surface area contributed by atoms with Gasteiger partial charge in [-0.05, 0) is 31.0 Å². The Hall–Kier alpha value is -1.43. The number of halogens is 4. The molecule has 20 heavy (non-hydrogen) atoms. The van der Waals surface area contributed by atoms with E-state index in [9.17, 15) is 18.0 Å². The summed E-state index contributed by atoms with van der Waals surface area (Å²) in [5.41, 5.74) is -0.926. The monoisotopic (exact) mass is 308 g/mol. The zero-order chi connectivity index (χ0) is 15.3. The summed E-state index contributed by atoms with van der Waals surface area (Å²) >= 11 is 5.78. The lowest BCUT2D eigenvalue weighted by molar-refractivity contribution is -0.137. The van der Waals surface area contributed by atoms with E-state index in [0.717, 1.165) is 31.0 Å². The molecule has 0 aliphatic carbocycles. The van der Waals surface area contributed by atoms with Gasteiger partial charge in [0, 0.05) is 6.04 Å². The molecule has 3 nitrogen and oxygen atoms in total. The fourth-order valence-corrected chi connectivity index (χ4v) is 1.80. The van der Waals surface area contributed by atoms with Gasteiger partial charge in [-0.15, -0.1) is 0 Å². The first-order valence-corrected chi connectivity index (χ1v) is 6.60. The molecule has 2 N–H and O–H groups in total. The number of benzene rings is 1. The van der Waals surface area contributed by atoms with Crippen molar-refractivity contribution in [1.82, 2.24) is 5.32 Å². The Bertz CT molecular complexity index is 473. The van der Waals surface area contributed by atoms with Crippen molar-refractivity contribution >= 4 is 23.3 Å². The highest BCUT2D eigenvalue weighted by molar-refractivity contribution is 6.33. The molecule has 1 aromatic carbocycles. The van der Waals surface area contributed by atoms with Crippen molar-refractivity contribution in [1.29, 1.82) is 0 Å². The average molecular weight is 309 g/mol. The summed E-state index contributed by atoms with van der Waals surface area (Å²) < 4.78 is 37.8. The first kappa shape index (κ1) is 16.6. The van der Waals surface area contributed by atoms with Crippen LogP contribution in [-0.4, -0.2) is 12.1 Å². The molecular weight excluding hydrogens is 293 g/mol. The van der Waals surface area contributed by atoms with Crippen molar-refractivity contribution in [3.05, 3.63) is 28.8 Å². The van der Waals surface area contributed by atoms with Gasteiger partial charge in [-0.3, -0.25) is 0 Å². The van der Waals surface area contributed by atoms with Crippen LogP contribution in [0.5, 0.6) is 0 Å². The van der Waals surface area contributed by atoms with Crippen molar-refractivity contribution in [2.24, 2.45) is 0 Å². The number of alkyl halides is 3. The summed E-state index contributed by atoms with van der Waals surface area (Å²) in [5, 5.41) is 5.05. The summed E-state index contributed by atoms with van der Waals surface area (Å²) in [6.07, 6.45) is -3.01. The van der Waals surface area contributed by atoms with Crippen LogP contribution in [0, 0.1) is 0 Å². The van der Waals surface area contributed by atoms with Crippen LogP contribution in [0.3, 0.4) is 0 Å². The lowest BCUT2D eigenvalue weighted by atomic mass is 10.2. The molecule has 0 spiro atoms. The predicted molar refractivity (Wildman–Crippen MR) is 73.0 cm³/mol. The van der Waals surface area contributed by atoms with E-state index in [4.69, 9.17) is 11.6 Å². The zero-order valence-corrected chi connectivity index (χ0v) is 11.9. The maximum absolute atomic E-state index is 12.6. The van der Waals surface area contributed by atoms with Crippen molar-refractivity contribution in [3.8, 4) is 0 Å². The number of amides is 2. The third kappa shape index (κ3) is 4.59. The Morgan fingerprint density at radius 3 is 2.40 bits per heavy atom. The molecular formula is C13H16ClF3N2O. The summed E-state index contributed by atoms with van der Waals surface area (Å²) in [5.74, 6) is 0. The van der Waals surface area contributed by atoms with Gasteiger partial charge in [0.2, 0.25) is 0 Å². The molecule has 0 saturated heterocycles. The second-order valence-electron chi connectivity index (χ2n) is 4.30. The Balaban J connectivity index is 2.84. The summed E-state index contributed by atoms with van der Waals surface area (Å²) in [6, 6.07) is 2.19. The van der Waals surface area contributed by atoms with Crippen LogP contribution >= 0.6 is 11.6 Å². The molecule has 0 bridgehead atoms. The molecule has 0 fully saturated rings. The van der Waals surface area contributed by atoms with E-state index in [1.807, 2.05) is 13.8 Å². The second kappa shape index (κ2) is 6.83. The van der Waals surface area contributed by atoms with Gasteiger partial charge in [-0.2, -0.15) is 13.2 Å². The van der Waals surface area contributed by atoms with Crippen molar-refractivity contribution < 1.29 is 18.0 Å². The largest absolute Gasteiger partial charge is 0.416 e. The number of anilines is 1. The van der Waals surface area contributed by atoms with Crippen LogP contribution in [0.4, 0.5) is 23.7 Å². The number of hydrogen-bond acceptors (Lipinski definition) is 1. The lowest BCUT2D eigenvalue weighted by Gasteiger charge is -2.16. The smallest absolute Gasteiger partial charge is 0.335 e. The van der Waals surface area contributed by atoms with Crippen molar-refractivity contribution in [3.63, 3.8) is 0 Å². The van der Waals surface area contributed by atoms with E-state index in [1.165, 1.54) is 0 Å². The summed E-state index contributed by atoms with van der Waals surface area (Å²) in [7, 11) is 0. The fraction of sp³-hybridized carbons (Fsp3) is 0.462. The SMILES string of the molecule is CCC(CC)NC(=O)Nc1cc(C(F)(F)F)ccc1Cl. The average Bonchev–Trinajstić information content (AvgIpc) is 2.37. The van der Waals surface area contributed by atoms with Gasteiger partial charge in [0.15, 0.2) is 0 Å². The molecule has 1 rings (SSSR count). The van der Waals surface area contributed by atoms with E-state index in [-0.39, 0.29) is 16.8 Å². The normalized spacial score (nSPS) is 11.6. The van der Waals surface area contributed by atoms with Crippen LogP contribution in [0.1, 0.15) is 32.3 Å². The third-order valence-corrected chi connectivity index (χ3v) is 3.19. The first-order chi connectivity index (χ1) is 9.27. The molecule has 0 aromatic heterocycles. The van der Waals surface area contributed by atoms with Crippen molar-refractivity contribution in [2.45, 2.75) is 38.9 Å². The highest BCUT2D eigenvalue weighted by atomic mass is 35.5. The summed E-state index contributed by atoms with van der Waals surface area (Å²) in [6.45, 7) is 3.82. The third-order valence-electron chi connectivity index (χ3n) is 2.86. The first-order valence-electron chi connectivity index (χ1n) is 6.22. The van der Waals surface area contributed by atoms with Crippen LogP contribution in [0.15, 0.2) is 18.2 Å². The maximum atomic E-state index is 12.6. The van der Waals surface area contributed by atoms with Gasteiger partial charge in [-0.1, -0.05) is 25.4 Å². The molecule has 0 saturated carbocycles. The van der Waals surface area contributed by atoms with E-state index < -0.39 is 17.8 Å². The molecule has 2 amide bonds. The molecule has 7 heteroatoms. The molecule has 0 unspecified atom stereocenters. The minimum Gasteiger partial charge on any atom is -0.335 e. The predicted octanol–water partition coefficient (Wildman–Crippen LogP) is 4.67. The fourth-order valence-electron chi connectivity index (χ4n) is 1.63. The molecule has 0 radical (unpaired) electrons. The Morgan fingerprint density at radius 2 is 1.90 bits per heavy atom. The van der Waals surface area contributed by atoms with Crippen molar-refractivity contribution in [2.75, 3.05) is 5.32 Å². The summed E-state index contributed by atoms with van der Waals surface area (Å²) in [4.78, 5) is 11.7. The molecule has 0 aliphatic rings. The molecule has 0 atom stereocenters. The molecule has 0 aliphatic heterocycles. The van der Waals surface area contributed by atoms with Gasteiger partial charge < -0.3 is 10.6 Å². The van der Waals surface area contributed by atoms with Gasteiger partial charge in [-0.25, -0.2) is 4.79 Å². The maximum Gasteiger partial charge on any atom is 0.416 e. The van der Waals surface area contributed by atoms with Gasteiger partial charge in [0.25, 0.3) is 0 Å². The standard InChI is InChI=1S/C13H16ClF3N2O/c1-3-9(4-2)18-12(20)19-11-7-8(13(15,16)17)5-6-10(11)14/h5-7,9H,3-4H2,1-2H3,(H2,18,19,20). The minimum atomic E-state index is -4.48. The van der Waals surface area contributed by atoms with E-state index >= 15 is 0 Å². The highest BCUT2D eigenvalue weighted by Crippen LogP contribution is 2.33. The number of nitrogens with one attached hydrogen (secondary N) is 2. The van der Waals surface area contributed by atoms with Gasteiger partial charge in [0.1, 0.15) is 0 Å². The Labute approximate surface area is 120 Å². The number of carbonyl (C=O) groups is 1. The quantitative estimate of drug-likeness (QED) is 0.834. The minimum absolute atomic E-state index is 0.0282. The number of carbonyl (C=O) groups excluding carboxylic acids is 1. The van der Waals surface area contributed by atoms with Crippen LogP contribution in [-0.2, 0) is 6.18 Å². The molecule has 0 heterocycles. The van der Waals surface area contributed by atoms with Crippen LogP contribution < -0.4 is 10.6 Å². The number of rotatable bonds is 4. The van der Waals surface area contributed by atoms with Gasteiger partial charge >= 0.3 is 12.2 Å². The number of urea groups is 1. The lowest BCUT2D eigenvalue weighted by Crippen LogP contribution is -2.37. The molecule has 112 valence electrons. The number of hydrogen-bond donors (Lipinski definition) is 2. The Kier molecular flexibility index (Phi) is 5.68. The van der Waals surface area contributed by atoms with Crippen LogP contribution in [0.2, 0.25) is 5.02 Å². The molecule has 1 aromatic rings. The highest BCUT2D eigenvalue weighted by Gasteiger charge is 2.31. The second-order valence-corrected chi connectivity index (χ2v) is 4.71. The Morgan fingerprint density at radius 1 is 1.30 bits per heavy atom. The zero-order valence-electron chi connectivity index (χ0n) is 11.1. The van der Waals surface area contributed by atoms with Gasteiger partial charge in [0.05, 0.1) is 16.3 Å². The van der Waals surface area contributed by atoms with E-state index in [0.29, 0.717) is 0 Å².